The van der Waals surface area contributed by atoms with Gasteiger partial charge in [0.25, 0.3) is 0 Å². The molecular weight excluding hydrogens is 317 g/mol. The zero-order valence-electron chi connectivity index (χ0n) is 12.7. The molecule has 1 aliphatic carbocycles. The van der Waals surface area contributed by atoms with Crippen LogP contribution in [0.25, 0.3) is 0 Å². The minimum absolute atomic E-state index is 0.115. The zero-order chi connectivity index (χ0) is 16.4. The molecule has 120 valence electrons. The van der Waals surface area contributed by atoms with E-state index in [9.17, 15) is 9.18 Å². The molecule has 3 rings (SSSR count). The summed E-state index contributed by atoms with van der Waals surface area (Å²) in [6.07, 6.45) is 2.46. The molecule has 1 amide bonds. The highest BCUT2D eigenvalue weighted by molar-refractivity contribution is 6.31. The summed E-state index contributed by atoms with van der Waals surface area (Å²) in [5.41, 5.74) is 0.767. The number of halogens is 2. The number of amides is 1. The average Bonchev–Trinajstić information content (AvgIpc) is 2.48. The van der Waals surface area contributed by atoms with E-state index in [1.165, 1.54) is 19.2 Å². The summed E-state index contributed by atoms with van der Waals surface area (Å²) in [5, 5.41) is 3.44. The second kappa shape index (κ2) is 6.20. The molecule has 5 heteroatoms. The van der Waals surface area contributed by atoms with E-state index in [2.05, 4.69) is 5.32 Å². The van der Waals surface area contributed by atoms with Crippen LogP contribution in [0.3, 0.4) is 0 Å². The average molecular weight is 334 g/mol. The summed E-state index contributed by atoms with van der Waals surface area (Å²) >= 11 is 6.01. The van der Waals surface area contributed by atoms with Crippen molar-refractivity contribution in [3.63, 3.8) is 0 Å². The van der Waals surface area contributed by atoms with Gasteiger partial charge in [-0.2, -0.15) is 0 Å². The van der Waals surface area contributed by atoms with E-state index in [1.807, 2.05) is 0 Å². The van der Waals surface area contributed by atoms with Gasteiger partial charge in [-0.3, -0.25) is 4.79 Å². The van der Waals surface area contributed by atoms with Crippen molar-refractivity contribution in [2.45, 2.75) is 24.7 Å². The van der Waals surface area contributed by atoms with Gasteiger partial charge < -0.3 is 10.1 Å². The van der Waals surface area contributed by atoms with Crippen LogP contribution in [0.4, 0.5) is 10.1 Å². The third-order valence-corrected chi connectivity index (χ3v) is 4.68. The van der Waals surface area contributed by atoms with Crippen molar-refractivity contribution >= 4 is 23.2 Å². The van der Waals surface area contributed by atoms with E-state index >= 15 is 0 Å². The Morgan fingerprint density at radius 1 is 1.22 bits per heavy atom. The molecule has 1 fully saturated rings. The first-order chi connectivity index (χ1) is 11.0. The predicted molar refractivity (Wildman–Crippen MR) is 88.6 cm³/mol. The maximum absolute atomic E-state index is 13.2. The molecule has 0 spiro atoms. The molecule has 2 aromatic rings. The quantitative estimate of drug-likeness (QED) is 0.891. The Balaban J connectivity index is 1.89. The first-order valence-corrected chi connectivity index (χ1v) is 7.84. The number of rotatable bonds is 4. The lowest BCUT2D eigenvalue weighted by atomic mass is 9.64. The van der Waals surface area contributed by atoms with Crippen molar-refractivity contribution in [3.05, 3.63) is 58.9 Å². The normalized spacial score (nSPS) is 15.6. The van der Waals surface area contributed by atoms with Gasteiger partial charge in [0.05, 0.1) is 18.2 Å². The number of methoxy groups -OCH3 is 1. The van der Waals surface area contributed by atoms with Crippen LogP contribution >= 0.6 is 11.6 Å². The molecule has 0 atom stereocenters. The highest BCUT2D eigenvalue weighted by atomic mass is 35.5. The van der Waals surface area contributed by atoms with Gasteiger partial charge in [0.2, 0.25) is 5.91 Å². The largest absolute Gasteiger partial charge is 0.495 e. The summed E-state index contributed by atoms with van der Waals surface area (Å²) in [4.78, 5) is 12.9. The van der Waals surface area contributed by atoms with Gasteiger partial charge in [0, 0.05) is 5.02 Å². The molecule has 23 heavy (non-hydrogen) atoms. The van der Waals surface area contributed by atoms with Crippen molar-refractivity contribution < 1.29 is 13.9 Å². The van der Waals surface area contributed by atoms with Crippen molar-refractivity contribution in [3.8, 4) is 5.75 Å². The van der Waals surface area contributed by atoms with Crippen LogP contribution < -0.4 is 10.1 Å². The van der Waals surface area contributed by atoms with Crippen LogP contribution in [0.1, 0.15) is 24.8 Å². The molecule has 0 aromatic heterocycles. The van der Waals surface area contributed by atoms with Gasteiger partial charge in [-0.1, -0.05) is 30.2 Å². The van der Waals surface area contributed by atoms with E-state index in [-0.39, 0.29) is 11.7 Å². The van der Waals surface area contributed by atoms with Crippen molar-refractivity contribution in [2.24, 2.45) is 0 Å². The summed E-state index contributed by atoms with van der Waals surface area (Å²) in [6, 6.07) is 11.2. The summed E-state index contributed by atoms with van der Waals surface area (Å²) in [6.45, 7) is 0. The number of hydrogen-bond donors (Lipinski definition) is 1. The minimum atomic E-state index is -0.610. The van der Waals surface area contributed by atoms with Gasteiger partial charge in [-0.05, 0) is 48.7 Å². The van der Waals surface area contributed by atoms with E-state index < -0.39 is 5.41 Å². The highest BCUT2D eigenvalue weighted by Crippen LogP contribution is 2.45. The van der Waals surface area contributed by atoms with E-state index in [1.54, 1.807) is 30.3 Å². The van der Waals surface area contributed by atoms with Gasteiger partial charge in [-0.15, -0.1) is 0 Å². The van der Waals surface area contributed by atoms with Gasteiger partial charge in [0.15, 0.2) is 0 Å². The fraction of sp³-hybridized carbons (Fsp3) is 0.278. The Bertz CT molecular complexity index is 726. The molecule has 0 bridgehead atoms. The number of carbonyl (C=O) groups excluding carboxylic acids is 1. The summed E-state index contributed by atoms with van der Waals surface area (Å²) in [7, 11) is 1.54. The number of carbonyl (C=O) groups is 1. The molecule has 0 saturated heterocycles. The van der Waals surface area contributed by atoms with Crippen molar-refractivity contribution in [1.82, 2.24) is 0 Å². The zero-order valence-corrected chi connectivity index (χ0v) is 13.5. The molecular formula is C18H17ClFNO2. The Labute approximate surface area is 139 Å². The van der Waals surface area contributed by atoms with Crippen LogP contribution in [0, 0.1) is 5.82 Å². The minimum Gasteiger partial charge on any atom is -0.495 e. The van der Waals surface area contributed by atoms with E-state index in [0.717, 1.165) is 24.8 Å². The molecule has 0 unspecified atom stereocenters. The standard InChI is InChI=1S/C18H17ClFNO2/c1-23-16-8-5-13(19)11-15(16)21-17(22)18(9-2-10-18)12-3-6-14(20)7-4-12/h3-8,11H,2,9-10H2,1H3,(H,21,22). The summed E-state index contributed by atoms with van der Waals surface area (Å²) < 4.78 is 18.4. The predicted octanol–water partition coefficient (Wildman–Crippen LogP) is 4.55. The maximum Gasteiger partial charge on any atom is 0.235 e. The molecule has 3 nitrogen and oxygen atoms in total. The highest BCUT2D eigenvalue weighted by Gasteiger charge is 2.45. The molecule has 0 aliphatic heterocycles. The maximum atomic E-state index is 13.2. The number of hydrogen-bond acceptors (Lipinski definition) is 2. The van der Waals surface area contributed by atoms with Crippen LogP contribution in [0.15, 0.2) is 42.5 Å². The van der Waals surface area contributed by atoms with Crippen LogP contribution in [-0.4, -0.2) is 13.0 Å². The number of anilines is 1. The Morgan fingerprint density at radius 2 is 1.91 bits per heavy atom. The molecule has 0 radical (unpaired) electrons. The lowest BCUT2D eigenvalue weighted by Crippen LogP contribution is -2.46. The second-order valence-corrected chi connectivity index (χ2v) is 6.18. The first kappa shape index (κ1) is 15.8. The van der Waals surface area contributed by atoms with Gasteiger partial charge in [-0.25, -0.2) is 4.39 Å². The third-order valence-electron chi connectivity index (χ3n) is 4.45. The lowest BCUT2D eigenvalue weighted by Gasteiger charge is -2.40. The molecule has 1 saturated carbocycles. The van der Waals surface area contributed by atoms with Gasteiger partial charge in [0.1, 0.15) is 11.6 Å². The first-order valence-electron chi connectivity index (χ1n) is 7.46. The van der Waals surface area contributed by atoms with Crippen molar-refractivity contribution in [1.29, 1.82) is 0 Å². The SMILES string of the molecule is COc1ccc(Cl)cc1NC(=O)C1(c2ccc(F)cc2)CCC1. The number of benzene rings is 2. The topological polar surface area (TPSA) is 38.3 Å². The molecule has 0 heterocycles. The van der Waals surface area contributed by atoms with Crippen LogP contribution in [0.5, 0.6) is 5.75 Å². The fourth-order valence-electron chi connectivity index (χ4n) is 2.97. The molecule has 1 N–H and O–H groups in total. The molecule has 1 aliphatic rings. The number of ether oxygens (including phenoxy) is 1. The Hall–Kier alpha value is -2.07. The third kappa shape index (κ3) is 2.91. The lowest BCUT2D eigenvalue weighted by molar-refractivity contribution is -0.124. The number of nitrogens with one attached hydrogen (secondary N) is 1. The van der Waals surface area contributed by atoms with Crippen molar-refractivity contribution in [2.75, 3.05) is 12.4 Å². The van der Waals surface area contributed by atoms with Crippen LogP contribution in [0.2, 0.25) is 5.02 Å². The van der Waals surface area contributed by atoms with E-state index in [0.29, 0.717) is 16.5 Å². The van der Waals surface area contributed by atoms with Gasteiger partial charge >= 0.3 is 0 Å². The Morgan fingerprint density at radius 3 is 2.48 bits per heavy atom. The van der Waals surface area contributed by atoms with Crippen LogP contribution in [-0.2, 0) is 10.2 Å². The molecule has 2 aromatic carbocycles. The fourth-order valence-corrected chi connectivity index (χ4v) is 3.14. The monoisotopic (exact) mass is 333 g/mol. The summed E-state index contributed by atoms with van der Waals surface area (Å²) in [5.74, 6) is 0.132. The second-order valence-electron chi connectivity index (χ2n) is 5.74. The Kier molecular flexibility index (Phi) is 4.26. The smallest absolute Gasteiger partial charge is 0.235 e. The van der Waals surface area contributed by atoms with E-state index in [4.69, 9.17) is 16.3 Å².